The molecule has 0 saturated heterocycles. The smallest absolute Gasteiger partial charge is 0.348 e. The lowest BCUT2D eigenvalue weighted by molar-refractivity contribution is 0.0383. The van der Waals surface area contributed by atoms with Gasteiger partial charge in [-0.15, -0.1) is 34.0 Å². The molecule has 0 saturated carbocycles. The summed E-state index contributed by atoms with van der Waals surface area (Å²) in [5.41, 5.74) is 16.0. The van der Waals surface area contributed by atoms with Crippen molar-refractivity contribution in [3.05, 3.63) is 189 Å². The number of unbranched alkanes of at least 4 members (excludes halogenated alkanes) is 6. The van der Waals surface area contributed by atoms with Gasteiger partial charge in [0.25, 0.3) is 0 Å². The number of esters is 2. The second-order valence-electron chi connectivity index (χ2n) is 26.9. The fourth-order valence-electron chi connectivity index (χ4n) is 14.1. The van der Waals surface area contributed by atoms with Crippen molar-refractivity contribution in [1.82, 2.24) is 0 Å². The molecule has 9 rings (SSSR count). The Balaban J connectivity index is 0.000000200. The lowest BCUT2D eigenvalue weighted by atomic mass is 9.88. The molecule has 3 heterocycles. The van der Waals surface area contributed by atoms with Gasteiger partial charge in [0, 0.05) is 14.6 Å². The van der Waals surface area contributed by atoms with E-state index in [1.807, 2.05) is 32.0 Å². The molecular formula is C82H110O9S3. The molecule has 3 aromatic carbocycles. The summed E-state index contributed by atoms with van der Waals surface area (Å²) in [6, 6.07) is 37.4. The topological polar surface area (TPSA) is 151 Å². The van der Waals surface area contributed by atoms with Gasteiger partial charge in [-0.25, -0.2) is 14.4 Å². The third-order valence-electron chi connectivity index (χ3n) is 19.3. The number of carbonyl (C=O) groups is 3. The van der Waals surface area contributed by atoms with Crippen LogP contribution in [0.4, 0.5) is 0 Å². The summed E-state index contributed by atoms with van der Waals surface area (Å²) >= 11 is 4.51. The van der Waals surface area contributed by atoms with Crippen LogP contribution < -0.4 is 0 Å². The number of hydrogen-bond acceptors (Lipinski definition) is 11. The van der Waals surface area contributed by atoms with E-state index < -0.39 is 5.97 Å². The van der Waals surface area contributed by atoms with Crippen molar-refractivity contribution in [3.63, 3.8) is 0 Å². The number of carbonyl (C=O) groups excluding carboxylic acids is 2. The van der Waals surface area contributed by atoms with Gasteiger partial charge in [0.15, 0.2) is 0 Å². The van der Waals surface area contributed by atoms with Crippen LogP contribution >= 0.6 is 34.0 Å². The number of aliphatic hydroxyl groups is 3. The Kier molecular flexibility index (Phi) is 31.8. The van der Waals surface area contributed by atoms with Crippen LogP contribution in [0.25, 0.3) is 16.7 Å². The Bertz CT molecular complexity index is 3370. The standard InChI is InChI=1S/C29H40O3S.C27H36O3S.C26H34O3S/c1-5-6-7-11-26(30)22-14-16-24(17-15-22)28-21(4)12-13-23(28)9-8-10-25-18-19-27(33-25)29(31)32-20(2)3;1-4-5-6-10-24(28)20-13-15-22(16-14-20)26-19(2)11-12-21(26)8-7-9-23-17-18-25(31-23)27(29)30-3;1-3-4-5-9-23(27)19-12-14-21(15-13-19)25-18(2)10-11-20(25)7-6-8-22-16-17-24(30-22)26(28)29/h14-20,23,26,30H,5-13H2,1-4H3;13-18,21,24,28H,4-12H2,1-3H3;12-17,20,23,27H,3-11H2,1-2H3,(H,28,29)/t23-,26?;21-,24?;20-,23?/m000/s1. The molecule has 0 bridgehead atoms. The zero-order chi connectivity index (χ0) is 67.5. The summed E-state index contributed by atoms with van der Waals surface area (Å²) in [6.45, 7) is 17.1. The predicted octanol–water partition coefficient (Wildman–Crippen LogP) is 22.8. The number of carboxylic acid groups (broad SMARTS) is 1. The molecule has 3 aliphatic rings. The fraction of sp³-hybridized carbons (Fsp3) is 0.524. The summed E-state index contributed by atoms with van der Waals surface area (Å²) in [4.78, 5) is 40.3. The third-order valence-corrected chi connectivity index (χ3v) is 22.7. The van der Waals surface area contributed by atoms with Crippen molar-refractivity contribution < 1.29 is 44.3 Å². The number of benzene rings is 3. The quantitative estimate of drug-likeness (QED) is 0.0229. The second-order valence-corrected chi connectivity index (χ2v) is 30.4. The lowest BCUT2D eigenvalue weighted by Crippen LogP contribution is -2.09. The van der Waals surface area contributed by atoms with Crippen molar-refractivity contribution in [3.8, 4) is 0 Å². The molecule has 3 unspecified atom stereocenters. The minimum atomic E-state index is -0.832. The highest BCUT2D eigenvalue weighted by atomic mass is 32.1. The molecule has 6 aromatic rings. The first-order chi connectivity index (χ1) is 45.4. The SMILES string of the molecule is CCCCCC(O)c1ccc(C2=C(C)CC[C@@H]2CCCc2ccc(C(=O)O)s2)cc1.CCCCCC(O)c1ccc(C2=C(C)CC[C@@H]2CCCc2ccc(C(=O)OC(C)C)s2)cc1.CCCCCC(O)c1ccc(C2=C(C)CC[C@@H]2CCCc2ccc(C(=O)OC)s2)cc1. The van der Waals surface area contributed by atoms with Crippen LogP contribution in [-0.4, -0.2) is 51.5 Å². The van der Waals surface area contributed by atoms with Gasteiger partial charge in [0.05, 0.1) is 31.5 Å². The zero-order valence-corrected chi connectivity index (χ0v) is 60.5. The van der Waals surface area contributed by atoms with Crippen molar-refractivity contribution >= 4 is 68.6 Å². The summed E-state index contributed by atoms with van der Waals surface area (Å²) in [6.07, 6.45) is 28.6. The number of allylic oxidation sites excluding steroid dienone is 6. The molecule has 0 fully saturated rings. The highest BCUT2D eigenvalue weighted by Gasteiger charge is 2.28. The van der Waals surface area contributed by atoms with Crippen LogP contribution in [0.15, 0.2) is 126 Å². The van der Waals surface area contributed by atoms with Crippen LogP contribution in [0.1, 0.15) is 305 Å². The van der Waals surface area contributed by atoms with Crippen LogP contribution in [0.3, 0.4) is 0 Å². The molecule has 0 radical (unpaired) electrons. The van der Waals surface area contributed by atoms with Crippen LogP contribution in [0.5, 0.6) is 0 Å². The molecule has 4 N–H and O–H groups in total. The molecule has 94 heavy (non-hydrogen) atoms. The van der Waals surface area contributed by atoms with Gasteiger partial charge in [0.1, 0.15) is 14.6 Å². The molecular weight excluding hydrogens is 1230 g/mol. The van der Waals surface area contributed by atoms with E-state index in [1.165, 1.54) is 155 Å². The van der Waals surface area contributed by atoms with E-state index in [9.17, 15) is 29.7 Å². The van der Waals surface area contributed by atoms with Gasteiger partial charge in [-0.1, -0.05) is 168 Å². The van der Waals surface area contributed by atoms with Gasteiger partial charge in [0.2, 0.25) is 0 Å². The maximum Gasteiger partial charge on any atom is 0.348 e. The Labute approximate surface area is 575 Å². The summed E-state index contributed by atoms with van der Waals surface area (Å²) < 4.78 is 10.1. The predicted molar refractivity (Wildman–Crippen MR) is 393 cm³/mol. The molecule has 3 aromatic heterocycles. The number of aromatic carboxylic acids is 1. The minimum absolute atomic E-state index is 0.0859. The van der Waals surface area contributed by atoms with E-state index in [4.69, 9.17) is 14.6 Å². The molecule has 0 aliphatic heterocycles. The van der Waals surface area contributed by atoms with Crippen molar-refractivity contribution in [2.24, 2.45) is 17.8 Å². The Morgan fingerprint density at radius 2 is 0.745 bits per heavy atom. The van der Waals surface area contributed by atoms with E-state index in [0.717, 1.165) is 118 Å². The first-order valence-corrected chi connectivity index (χ1v) is 38.1. The average molecular weight is 1340 g/mol. The van der Waals surface area contributed by atoms with Crippen molar-refractivity contribution in [2.45, 2.75) is 253 Å². The number of ether oxygens (including phenoxy) is 2. The Hall–Kier alpha value is -5.73. The number of methoxy groups -OCH3 is 1. The molecule has 510 valence electrons. The van der Waals surface area contributed by atoms with E-state index in [0.29, 0.717) is 32.4 Å². The van der Waals surface area contributed by atoms with Gasteiger partial charge in [-0.3, -0.25) is 0 Å². The van der Waals surface area contributed by atoms with E-state index in [-0.39, 0.29) is 36.4 Å². The van der Waals surface area contributed by atoms with Gasteiger partial charge < -0.3 is 29.9 Å². The Morgan fingerprint density at radius 3 is 1.03 bits per heavy atom. The van der Waals surface area contributed by atoms with Crippen LogP contribution in [0, 0.1) is 17.8 Å². The van der Waals surface area contributed by atoms with E-state index in [1.54, 1.807) is 28.7 Å². The van der Waals surface area contributed by atoms with E-state index in [2.05, 4.69) is 126 Å². The number of rotatable bonds is 34. The maximum absolute atomic E-state index is 12.1. The van der Waals surface area contributed by atoms with Crippen LogP contribution in [-0.2, 0) is 28.7 Å². The number of hydrogen-bond donors (Lipinski definition) is 4. The van der Waals surface area contributed by atoms with Gasteiger partial charge >= 0.3 is 17.9 Å². The second kappa shape index (κ2) is 39.5. The van der Waals surface area contributed by atoms with Crippen molar-refractivity contribution in [1.29, 1.82) is 0 Å². The first kappa shape index (κ1) is 75.6. The first-order valence-electron chi connectivity index (χ1n) is 35.6. The summed E-state index contributed by atoms with van der Waals surface area (Å²) in [7, 11) is 1.43. The molecule has 9 nitrogen and oxygen atoms in total. The number of aryl methyl sites for hydroxylation is 3. The summed E-state index contributed by atoms with van der Waals surface area (Å²) in [5, 5.41) is 40.4. The molecule has 0 spiro atoms. The summed E-state index contributed by atoms with van der Waals surface area (Å²) in [5.74, 6) is 0.478. The van der Waals surface area contributed by atoms with Crippen LogP contribution in [0.2, 0.25) is 0 Å². The molecule has 6 atom stereocenters. The average Bonchev–Trinajstić information content (AvgIpc) is 1.64. The molecule has 0 amide bonds. The number of aliphatic hydroxyl groups excluding tert-OH is 3. The largest absolute Gasteiger partial charge is 0.477 e. The molecule has 12 heteroatoms. The van der Waals surface area contributed by atoms with E-state index >= 15 is 0 Å². The molecule has 3 aliphatic carbocycles. The fourth-order valence-corrected chi connectivity index (χ4v) is 16.9. The monoisotopic (exact) mass is 1330 g/mol. The lowest BCUT2D eigenvalue weighted by Gasteiger charge is -2.17. The number of thiophene rings is 3. The Morgan fingerprint density at radius 1 is 0.436 bits per heavy atom. The normalized spacial score (nSPS) is 17.3. The zero-order valence-electron chi connectivity index (χ0n) is 58.1. The number of carboxylic acids is 1. The highest BCUT2D eigenvalue weighted by Crippen LogP contribution is 2.45. The minimum Gasteiger partial charge on any atom is -0.477 e. The van der Waals surface area contributed by atoms with Crippen molar-refractivity contribution in [2.75, 3.05) is 7.11 Å². The van der Waals surface area contributed by atoms with Gasteiger partial charge in [-0.2, -0.15) is 0 Å². The third kappa shape index (κ3) is 23.0. The highest BCUT2D eigenvalue weighted by molar-refractivity contribution is 7.14. The maximum atomic E-state index is 12.1. The van der Waals surface area contributed by atoms with Gasteiger partial charge in [-0.05, 0) is 254 Å².